The first-order valence-electron chi connectivity index (χ1n) is 6.87. The second-order valence-electron chi connectivity index (χ2n) is 4.82. The Morgan fingerprint density at radius 1 is 1.24 bits per heavy atom. The molecular weight excluding hydrogens is 271 g/mol. The normalized spacial score (nSPS) is 11.9. The van der Waals surface area contributed by atoms with Gasteiger partial charge in [0, 0.05) is 17.8 Å². The van der Waals surface area contributed by atoms with E-state index in [4.69, 9.17) is 0 Å². The molecule has 2 rings (SSSR count). The summed E-state index contributed by atoms with van der Waals surface area (Å²) >= 11 is 0. The van der Waals surface area contributed by atoms with Crippen LogP contribution in [-0.2, 0) is 0 Å². The number of hydrogen-bond acceptors (Lipinski definition) is 3. The number of nitrogens with one attached hydrogen (secondary N) is 1. The van der Waals surface area contributed by atoms with Crippen molar-refractivity contribution >= 4 is 11.4 Å². The van der Waals surface area contributed by atoms with Crippen LogP contribution in [0.4, 0.5) is 15.8 Å². The predicted octanol–water partition coefficient (Wildman–Crippen LogP) is 4.69. The fraction of sp³-hybridized carbons (Fsp3) is 0.250. The Balaban J connectivity index is 2.21. The molecule has 0 bridgehead atoms. The number of rotatable bonds is 6. The molecule has 0 aliphatic rings. The smallest absolute Gasteiger partial charge is 0.304 e. The van der Waals surface area contributed by atoms with Gasteiger partial charge in [0.2, 0.25) is 5.82 Å². The van der Waals surface area contributed by atoms with Crippen LogP contribution in [0.25, 0.3) is 0 Å². The molecule has 2 aromatic carbocycles. The predicted molar refractivity (Wildman–Crippen MR) is 80.8 cm³/mol. The summed E-state index contributed by atoms with van der Waals surface area (Å²) < 4.78 is 13.7. The molecule has 0 saturated carbocycles. The van der Waals surface area contributed by atoms with Crippen LogP contribution in [0.15, 0.2) is 48.5 Å². The van der Waals surface area contributed by atoms with Gasteiger partial charge in [-0.25, -0.2) is 0 Å². The summed E-state index contributed by atoms with van der Waals surface area (Å²) in [5, 5.41) is 13.9. The van der Waals surface area contributed by atoms with Crippen molar-refractivity contribution in [1.29, 1.82) is 0 Å². The van der Waals surface area contributed by atoms with E-state index >= 15 is 0 Å². The van der Waals surface area contributed by atoms with Gasteiger partial charge in [0.25, 0.3) is 0 Å². The molecule has 0 aromatic heterocycles. The maximum atomic E-state index is 13.7. The molecule has 0 aliphatic carbocycles. The maximum absolute atomic E-state index is 13.7. The third-order valence-corrected chi connectivity index (χ3v) is 3.26. The summed E-state index contributed by atoms with van der Waals surface area (Å²) in [6, 6.07) is 13.8. The molecule has 2 aromatic rings. The van der Waals surface area contributed by atoms with Gasteiger partial charge in [-0.3, -0.25) is 10.1 Å². The first-order valence-corrected chi connectivity index (χ1v) is 6.87. The zero-order valence-corrected chi connectivity index (χ0v) is 11.8. The molecule has 0 amide bonds. The van der Waals surface area contributed by atoms with Crippen molar-refractivity contribution < 1.29 is 9.31 Å². The Labute approximate surface area is 122 Å². The molecular formula is C16H17FN2O2. The number of benzene rings is 2. The molecule has 1 atom stereocenters. The minimum absolute atomic E-state index is 0.0528. The Bertz CT molecular complexity index is 617. The van der Waals surface area contributed by atoms with Gasteiger partial charge in [-0.05, 0) is 18.1 Å². The standard InChI is InChI=1S/C16H17FN2O2/c1-2-6-15(12-7-4-3-5-8-12)18-13-9-10-16(19(20)21)14(17)11-13/h3-5,7-11,15,18H,2,6H2,1H3. The Morgan fingerprint density at radius 3 is 2.52 bits per heavy atom. The topological polar surface area (TPSA) is 55.2 Å². The van der Waals surface area contributed by atoms with E-state index in [9.17, 15) is 14.5 Å². The van der Waals surface area contributed by atoms with E-state index in [-0.39, 0.29) is 6.04 Å². The molecule has 110 valence electrons. The first kappa shape index (κ1) is 15.0. The lowest BCUT2D eigenvalue weighted by Crippen LogP contribution is -2.10. The summed E-state index contributed by atoms with van der Waals surface area (Å²) in [5.74, 6) is -0.826. The molecule has 0 radical (unpaired) electrons. The third-order valence-electron chi connectivity index (χ3n) is 3.26. The number of hydrogen-bond donors (Lipinski definition) is 1. The van der Waals surface area contributed by atoms with Crippen LogP contribution < -0.4 is 5.32 Å². The van der Waals surface area contributed by atoms with Crippen molar-refractivity contribution in [2.75, 3.05) is 5.32 Å². The van der Waals surface area contributed by atoms with Gasteiger partial charge in [-0.2, -0.15) is 4.39 Å². The van der Waals surface area contributed by atoms with Crippen molar-refractivity contribution in [3.8, 4) is 0 Å². The molecule has 1 unspecified atom stereocenters. The van der Waals surface area contributed by atoms with E-state index in [1.165, 1.54) is 18.2 Å². The highest BCUT2D eigenvalue weighted by molar-refractivity contribution is 5.51. The van der Waals surface area contributed by atoms with Crippen molar-refractivity contribution in [1.82, 2.24) is 0 Å². The fourth-order valence-corrected chi connectivity index (χ4v) is 2.24. The van der Waals surface area contributed by atoms with E-state index in [1.807, 2.05) is 30.3 Å². The van der Waals surface area contributed by atoms with Gasteiger partial charge in [0.05, 0.1) is 11.0 Å². The van der Waals surface area contributed by atoms with Gasteiger partial charge < -0.3 is 5.32 Å². The lowest BCUT2D eigenvalue weighted by molar-refractivity contribution is -0.387. The van der Waals surface area contributed by atoms with Gasteiger partial charge >= 0.3 is 5.69 Å². The van der Waals surface area contributed by atoms with Crippen LogP contribution in [-0.4, -0.2) is 4.92 Å². The Hall–Kier alpha value is -2.43. The van der Waals surface area contributed by atoms with Crippen molar-refractivity contribution in [2.45, 2.75) is 25.8 Å². The van der Waals surface area contributed by atoms with Crippen LogP contribution in [0.3, 0.4) is 0 Å². The summed E-state index contributed by atoms with van der Waals surface area (Å²) in [4.78, 5) is 9.90. The number of nitro groups is 1. The van der Waals surface area contributed by atoms with E-state index in [2.05, 4.69) is 12.2 Å². The number of nitro benzene ring substituents is 1. The Kier molecular flexibility index (Phi) is 4.87. The van der Waals surface area contributed by atoms with Crippen molar-refractivity contribution in [3.05, 3.63) is 70.0 Å². The van der Waals surface area contributed by atoms with Crippen molar-refractivity contribution in [3.63, 3.8) is 0 Å². The van der Waals surface area contributed by atoms with E-state index in [0.717, 1.165) is 18.4 Å². The largest absolute Gasteiger partial charge is 0.378 e. The number of halogens is 1. The Morgan fingerprint density at radius 2 is 1.95 bits per heavy atom. The average Bonchev–Trinajstić information content (AvgIpc) is 2.47. The molecule has 5 heteroatoms. The quantitative estimate of drug-likeness (QED) is 0.620. The van der Waals surface area contributed by atoms with Gasteiger partial charge in [-0.15, -0.1) is 0 Å². The van der Waals surface area contributed by atoms with Gasteiger partial charge in [0.1, 0.15) is 0 Å². The molecule has 0 heterocycles. The fourth-order valence-electron chi connectivity index (χ4n) is 2.24. The monoisotopic (exact) mass is 288 g/mol. The van der Waals surface area contributed by atoms with Crippen LogP contribution in [0.1, 0.15) is 31.4 Å². The van der Waals surface area contributed by atoms with Gasteiger partial charge in [0.15, 0.2) is 0 Å². The number of anilines is 1. The first-order chi connectivity index (χ1) is 10.1. The highest BCUT2D eigenvalue weighted by Gasteiger charge is 2.16. The molecule has 0 fully saturated rings. The zero-order chi connectivity index (χ0) is 15.2. The second kappa shape index (κ2) is 6.83. The van der Waals surface area contributed by atoms with Crippen LogP contribution in [0, 0.1) is 15.9 Å². The molecule has 21 heavy (non-hydrogen) atoms. The molecule has 1 N–H and O–H groups in total. The van der Waals surface area contributed by atoms with Gasteiger partial charge in [-0.1, -0.05) is 43.7 Å². The SMILES string of the molecule is CCCC(Nc1ccc([N+](=O)[O-])c(F)c1)c1ccccc1. The number of nitrogens with zero attached hydrogens (tertiary/aromatic N) is 1. The second-order valence-corrected chi connectivity index (χ2v) is 4.82. The summed E-state index contributed by atoms with van der Waals surface area (Å²) in [6.45, 7) is 2.08. The summed E-state index contributed by atoms with van der Waals surface area (Å²) in [7, 11) is 0. The average molecular weight is 288 g/mol. The highest BCUT2D eigenvalue weighted by Crippen LogP contribution is 2.26. The van der Waals surface area contributed by atoms with E-state index in [0.29, 0.717) is 5.69 Å². The van der Waals surface area contributed by atoms with Crippen LogP contribution in [0.5, 0.6) is 0 Å². The van der Waals surface area contributed by atoms with E-state index < -0.39 is 16.4 Å². The summed E-state index contributed by atoms with van der Waals surface area (Å²) in [6.07, 6.45) is 1.87. The maximum Gasteiger partial charge on any atom is 0.304 e. The lowest BCUT2D eigenvalue weighted by atomic mass is 10.0. The molecule has 0 saturated heterocycles. The minimum atomic E-state index is -0.826. The molecule has 4 nitrogen and oxygen atoms in total. The van der Waals surface area contributed by atoms with Crippen LogP contribution >= 0.6 is 0 Å². The molecule has 0 spiro atoms. The van der Waals surface area contributed by atoms with E-state index in [1.54, 1.807) is 0 Å². The minimum Gasteiger partial charge on any atom is -0.378 e. The lowest BCUT2D eigenvalue weighted by Gasteiger charge is -2.20. The van der Waals surface area contributed by atoms with Crippen molar-refractivity contribution in [2.24, 2.45) is 0 Å². The summed E-state index contributed by atoms with van der Waals surface area (Å²) in [5.41, 5.74) is 1.14. The van der Waals surface area contributed by atoms with Crippen LogP contribution in [0.2, 0.25) is 0 Å². The zero-order valence-electron chi connectivity index (χ0n) is 11.8. The highest BCUT2D eigenvalue weighted by atomic mass is 19.1. The molecule has 0 aliphatic heterocycles. The third kappa shape index (κ3) is 3.78.